The van der Waals surface area contributed by atoms with Crippen molar-refractivity contribution >= 4 is 17.7 Å². The molecule has 0 radical (unpaired) electrons. The third-order valence-corrected chi connectivity index (χ3v) is 7.90. The van der Waals surface area contributed by atoms with Crippen LogP contribution in [0.15, 0.2) is 108 Å². The molecule has 2 N–H and O–H groups in total. The van der Waals surface area contributed by atoms with Crippen LogP contribution in [0.3, 0.4) is 0 Å². The fourth-order valence-corrected chi connectivity index (χ4v) is 5.62. The van der Waals surface area contributed by atoms with Gasteiger partial charge in [0.1, 0.15) is 0 Å². The van der Waals surface area contributed by atoms with Crippen LogP contribution in [0.2, 0.25) is 0 Å². The topological polar surface area (TPSA) is 67.8 Å². The SMILES string of the molecule is CC(=O)NCc1cccc(-c2cccc([C@H]3O[C@@H](CSc4ccccc4)C[C@@H](c4ccc(CO)cc4)O3)c2)c1. The second-order valence-electron chi connectivity index (χ2n) is 9.71. The van der Waals surface area contributed by atoms with E-state index in [1.165, 1.54) is 11.8 Å². The number of amides is 1. The van der Waals surface area contributed by atoms with Crippen molar-refractivity contribution in [2.24, 2.45) is 0 Å². The monoisotopic (exact) mass is 539 g/mol. The Morgan fingerprint density at radius 3 is 2.33 bits per heavy atom. The lowest BCUT2D eigenvalue weighted by molar-refractivity contribution is -0.245. The van der Waals surface area contributed by atoms with Gasteiger partial charge in [0.05, 0.1) is 18.8 Å². The molecule has 0 saturated carbocycles. The Hall–Kier alpha value is -3.42. The highest BCUT2D eigenvalue weighted by molar-refractivity contribution is 7.99. The van der Waals surface area contributed by atoms with Crippen LogP contribution in [0, 0.1) is 0 Å². The number of nitrogens with one attached hydrogen (secondary N) is 1. The summed E-state index contributed by atoms with van der Waals surface area (Å²) in [5.74, 6) is 0.773. The number of ether oxygens (including phenoxy) is 2. The van der Waals surface area contributed by atoms with Gasteiger partial charge in [-0.15, -0.1) is 11.8 Å². The lowest BCUT2D eigenvalue weighted by atomic mass is 9.99. The summed E-state index contributed by atoms with van der Waals surface area (Å²) in [6, 6.07) is 34.8. The van der Waals surface area contributed by atoms with Crippen molar-refractivity contribution in [2.75, 3.05) is 5.75 Å². The quantitative estimate of drug-likeness (QED) is 0.229. The fraction of sp³-hybridized carbons (Fsp3) is 0.242. The summed E-state index contributed by atoms with van der Waals surface area (Å²) in [5, 5.41) is 12.3. The molecule has 1 aliphatic rings. The van der Waals surface area contributed by atoms with Gasteiger partial charge in [-0.05, 0) is 52.1 Å². The van der Waals surface area contributed by atoms with Gasteiger partial charge in [0, 0.05) is 36.1 Å². The van der Waals surface area contributed by atoms with Crippen molar-refractivity contribution in [3.05, 3.63) is 125 Å². The number of carbonyl (C=O) groups is 1. The highest BCUT2D eigenvalue weighted by atomic mass is 32.2. The third-order valence-electron chi connectivity index (χ3n) is 6.75. The molecule has 0 spiro atoms. The smallest absolute Gasteiger partial charge is 0.217 e. The summed E-state index contributed by atoms with van der Waals surface area (Å²) in [5.41, 5.74) is 6.11. The summed E-state index contributed by atoms with van der Waals surface area (Å²) in [6.07, 6.45) is 0.119. The number of aliphatic hydroxyl groups is 1. The van der Waals surface area contributed by atoms with Gasteiger partial charge < -0.3 is 19.9 Å². The number of hydrogen-bond acceptors (Lipinski definition) is 5. The van der Waals surface area contributed by atoms with E-state index in [0.717, 1.165) is 45.6 Å². The van der Waals surface area contributed by atoms with Crippen LogP contribution in [-0.2, 0) is 27.4 Å². The molecule has 4 aromatic carbocycles. The molecule has 1 amide bonds. The van der Waals surface area contributed by atoms with E-state index >= 15 is 0 Å². The van der Waals surface area contributed by atoms with E-state index in [1.807, 2.05) is 54.6 Å². The molecule has 200 valence electrons. The minimum absolute atomic E-state index is 0.00103. The highest BCUT2D eigenvalue weighted by Crippen LogP contribution is 2.40. The average molecular weight is 540 g/mol. The Bertz CT molecular complexity index is 1380. The summed E-state index contributed by atoms with van der Waals surface area (Å²) in [6.45, 7) is 2.04. The molecule has 1 saturated heterocycles. The highest BCUT2D eigenvalue weighted by Gasteiger charge is 2.32. The first-order valence-electron chi connectivity index (χ1n) is 13.2. The molecule has 3 atom stereocenters. The summed E-state index contributed by atoms with van der Waals surface area (Å²) >= 11 is 1.79. The Morgan fingerprint density at radius 2 is 1.59 bits per heavy atom. The standard InChI is InChI=1S/C33H33NO4S/c1-23(36)34-20-25-7-5-8-27(17-25)28-9-6-10-29(18-28)33-37-30(22-39-31-11-3-2-4-12-31)19-32(38-33)26-15-13-24(21-35)14-16-26/h2-18,30,32-33,35H,19-22H2,1H3,(H,34,36)/t30-,32+,33+/m1/s1. The predicted octanol–water partition coefficient (Wildman–Crippen LogP) is 6.82. The van der Waals surface area contributed by atoms with Crippen molar-refractivity contribution in [3.8, 4) is 11.1 Å². The summed E-state index contributed by atoms with van der Waals surface area (Å²) in [4.78, 5) is 12.6. The molecule has 39 heavy (non-hydrogen) atoms. The number of thioether (sulfide) groups is 1. The maximum Gasteiger partial charge on any atom is 0.217 e. The van der Waals surface area contributed by atoms with Gasteiger partial charge in [0.2, 0.25) is 5.91 Å². The van der Waals surface area contributed by atoms with Crippen molar-refractivity contribution in [1.29, 1.82) is 0 Å². The largest absolute Gasteiger partial charge is 0.392 e. The van der Waals surface area contributed by atoms with E-state index in [-0.39, 0.29) is 24.7 Å². The van der Waals surface area contributed by atoms with E-state index < -0.39 is 6.29 Å². The van der Waals surface area contributed by atoms with Crippen molar-refractivity contribution < 1.29 is 19.4 Å². The van der Waals surface area contributed by atoms with Gasteiger partial charge in [-0.25, -0.2) is 0 Å². The van der Waals surface area contributed by atoms with Gasteiger partial charge in [0.25, 0.3) is 0 Å². The molecule has 0 aliphatic carbocycles. The Labute approximate surface area is 234 Å². The second-order valence-corrected chi connectivity index (χ2v) is 10.8. The summed E-state index contributed by atoms with van der Waals surface area (Å²) < 4.78 is 13.1. The molecule has 0 aromatic heterocycles. The summed E-state index contributed by atoms with van der Waals surface area (Å²) in [7, 11) is 0. The first kappa shape index (κ1) is 27.2. The molecular weight excluding hydrogens is 506 g/mol. The van der Waals surface area contributed by atoms with Gasteiger partial charge in [0.15, 0.2) is 6.29 Å². The maximum absolute atomic E-state index is 11.4. The van der Waals surface area contributed by atoms with Crippen LogP contribution in [0.4, 0.5) is 0 Å². The van der Waals surface area contributed by atoms with E-state index in [1.54, 1.807) is 11.8 Å². The van der Waals surface area contributed by atoms with Crippen LogP contribution in [0.1, 0.15) is 48.0 Å². The van der Waals surface area contributed by atoms with E-state index in [0.29, 0.717) is 6.54 Å². The Morgan fingerprint density at radius 1 is 0.846 bits per heavy atom. The number of carbonyl (C=O) groups excluding carboxylic acids is 1. The Kier molecular flexibility index (Phi) is 9.12. The van der Waals surface area contributed by atoms with Crippen LogP contribution in [0.5, 0.6) is 0 Å². The average Bonchev–Trinajstić information content (AvgIpc) is 2.99. The van der Waals surface area contributed by atoms with Crippen molar-refractivity contribution in [2.45, 2.75) is 49.9 Å². The molecule has 1 heterocycles. The molecular formula is C33H33NO4S. The minimum Gasteiger partial charge on any atom is -0.392 e. The molecule has 6 heteroatoms. The lowest BCUT2D eigenvalue weighted by Gasteiger charge is -2.36. The molecule has 1 fully saturated rings. The molecule has 0 bridgehead atoms. The van der Waals surface area contributed by atoms with Crippen LogP contribution in [-0.4, -0.2) is 22.9 Å². The lowest BCUT2D eigenvalue weighted by Crippen LogP contribution is -2.31. The van der Waals surface area contributed by atoms with Gasteiger partial charge >= 0.3 is 0 Å². The number of benzene rings is 4. The second kappa shape index (κ2) is 13.1. The molecule has 0 unspecified atom stereocenters. The number of rotatable bonds is 9. The zero-order chi connectivity index (χ0) is 27.0. The Balaban J connectivity index is 1.38. The molecule has 5 rings (SSSR count). The normalized spacial score (nSPS) is 19.0. The number of aliphatic hydroxyl groups excluding tert-OH is 1. The minimum atomic E-state index is -0.509. The van der Waals surface area contributed by atoms with Crippen LogP contribution >= 0.6 is 11.8 Å². The molecule has 1 aliphatic heterocycles. The van der Waals surface area contributed by atoms with Crippen molar-refractivity contribution in [3.63, 3.8) is 0 Å². The van der Waals surface area contributed by atoms with Crippen molar-refractivity contribution in [1.82, 2.24) is 5.32 Å². The molecule has 4 aromatic rings. The molecule has 5 nitrogen and oxygen atoms in total. The van der Waals surface area contributed by atoms with Gasteiger partial charge in [-0.3, -0.25) is 4.79 Å². The van der Waals surface area contributed by atoms with E-state index in [9.17, 15) is 9.90 Å². The number of hydrogen-bond donors (Lipinski definition) is 2. The predicted molar refractivity (Wildman–Crippen MR) is 155 cm³/mol. The van der Waals surface area contributed by atoms with Gasteiger partial charge in [-0.2, -0.15) is 0 Å². The zero-order valence-corrected chi connectivity index (χ0v) is 22.8. The first-order chi connectivity index (χ1) is 19.1. The fourth-order valence-electron chi connectivity index (χ4n) is 4.68. The maximum atomic E-state index is 11.4. The zero-order valence-electron chi connectivity index (χ0n) is 22.0. The third kappa shape index (κ3) is 7.37. The van der Waals surface area contributed by atoms with Crippen LogP contribution in [0.25, 0.3) is 11.1 Å². The van der Waals surface area contributed by atoms with Crippen LogP contribution < -0.4 is 5.32 Å². The van der Waals surface area contributed by atoms with E-state index in [2.05, 4.69) is 53.8 Å². The van der Waals surface area contributed by atoms with Gasteiger partial charge in [-0.1, -0.05) is 78.9 Å². The first-order valence-corrected chi connectivity index (χ1v) is 14.2. The van der Waals surface area contributed by atoms with E-state index in [4.69, 9.17) is 9.47 Å².